The molecule has 0 saturated heterocycles. The van der Waals surface area contributed by atoms with Crippen LogP contribution in [0.1, 0.15) is 0 Å². The van der Waals surface area contributed by atoms with E-state index in [0.29, 0.717) is 0 Å². The summed E-state index contributed by atoms with van der Waals surface area (Å²) in [6.07, 6.45) is 0. The molecule has 96 valence electrons. The number of ether oxygens (including phenoxy) is 2. The monoisotopic (exact) mass is 320 g/mol. The van der Waals surface area contributed by atoms with E-state index in [1.807, 2.05) is 36.4 Å². The topological polar surface area (TPSA) is 35.5 Å². The van der Waals surface area contributed by atoms with Crippen LogP contribution in [-0.2, 0) is 0 Å². The van der Waals surface area contributed by atoms with Gasteiger partial charge in [0.1, 0.15) is 0 Å². The summed E-state index contributed by atoms with van der Waals surface area (Å²) in [7, 11) is 3.25. The molecule has 3 nitrogen and oxygen atoms in total. The zero-order valence-electron chi connectivity index (χ0n) is 10.6. The Labute approximate surface area is 116 Å². The molecule has 0 bridgehead atoms. The van der Waals surface area contributed by atoms with Gasteiger partial charge in [0.05, 0.1) is 0 Å². The van der Waals surface area contributed by atoms with Gasteiger partial charge < -0.3 is 0 Å². The number of hydrogen-bond acceptors (Lipinski definition) is 3. The first-order valence-electron chi connectivity index (χ1n) is 5.81. The van der Waals surface area contributed by atoms with Crippen molar-refractivity contribution in [3.8, 4) is 11.5 Å². The Morgan fingerprint density at radius 3 is 2.26 bits per heavy atom. The molecule has 0 aliphatic rings. The SMILES string of the molecule is COc1ccc2c(=O)c3cc(OC)ccc3[se]c2c1. The number of rotatable bonds is 2. The Balaban J connectivity index is 2.41. The van der Waals surface area contributed by atoms with E-state index in [2.05, 4.69) is 0 Å². The molecule has 0 atom stereocenters. The van der Waals surface area contributed by atoms with Crippen molar-refractivity contribution >= 4 is 33.8 Å². The van der Waals surface area contributed by atoms with Gasteiger partial charge in [0, 0.05) is 0 Å². The van der Waals surface area contributed by atoms with Gasteiger partial charge in [-0.2, -0.15) is 0 Å². The van der Waals surface area contributed by atoms with Crippen LogP contribution in [0.2, 0.25) is 0 Å². The van der Waals surface area contributed by atoms with E-state index in [4.69, 9.17) is 9.47 Å². The number of benzene rings is 2. The summed E-state index contributed by atoms with van der Waals surface area (Å²) in [5, 5.41) is 1.54. The van der Waals surface area contributed by atoms with E-state index < -0.39 is 0 Å². The Morgan fingerprint density at radius 2 is 1.53 bits per heavy atom. The van der Waals surface area contributed by atoms with E-state index in [9.17, 15) is 4.79 Å². The molecule has 0 N–H and O–H groups in total. The van der Waals surface area contributed by atoms with Gasteiger partial charge in [0.25, 0.3) is 0 Å². The quantitative estimate of drug-likeness (QED) is 0.538. The zero-order chi connectivity index (χ0) is 13.4. The molecule has 0 unspecified atom stereocenters. The third-order valence-corrected chi connectivity index (χ3v) is 5.46. The van der Waals surface area contributed by atoms with Crippen molar-refractivity contribution in [3.05, 3.63) is 46.6 Å². The number of fused-ring (bicyclic) bond motifs is 2. The maximum absolute atomic E-state index is 12.5. The predicted molar refractivity (Wildman–Crippen MR) is 77.8 cm³/mol. The van der Waals surface area contributed by atoms with Crippen molar-refractivity contribution in [2.45, 2.75) is 0 Å². The van der Waals surface area contributed by atoms with Gasteiger partial charge in [-0.15, -0.1) is 0 Å². The van der Waals surface area contributed by atoms with Crippen LogP contribution in [0, 0.1) is 0 Å². The molecular formula is C15H12O3Se. The van der Waals surface area contributed by atoms with Crippen LogP contribution in [-0.4, -0.2) is 28.7 Å². The van der Waals surface area contributed by atoms with Crippen molar-refractivity contribution in [2.75, 3.05) is 14.2 Å². The molecule has 19 heavy (non-hydrogen) atoms. The van der Waals surface area contributed by atoms with E-state index >= 15 is 0 Å². The average Bonchev–Trinajstić information content (AvgIpc) is 2.46. The van der Waals surface area contributed by atoms with Crippen LogP contribution in [0.3, 0.4) is 0 Å². The van der Waals surface area contributed by atoms with Gasteiger partial charge in [-0.3, -0.25) is 0 Å². The molecule has 0 radical (unpaired) electrons. The fourth-order valence-corrected chi connectivity index (χ4v) is 4.33. The Hall–Kier alpha value is -1.77. The van der Waals surface area contributed by atoms with Crippen molar-refractivity contribution in [3.63, 3.8) is 0 Å². The summed E-state index contributed by atoms with van der Waals surface area (Å²) in [6.45, 7) is 0. The van der Waals surface area contributed by atoms with E-state index in [-0.39, 0.29) is 19.9 Å². The Kier molecular flexibility index (Phi) is 3.05. The van der Waals surface area contributed by atoms with Crippen LogP contribution >= 0.6 is 0 Å². The summed E-state index contributed by atoms with van der Waals surface area (Å²) in [5.74, 6) is 1.52. The normalized spacial score (nSPS) is 10.8. The Bertz CT molecular complexity index is 821. The molecule has 3 rings (SSSR count). The fraction of sp³-hybridized carbons (Fsp3) is 0.133. The van der Waals surface area contributed by atoms with Gasteiger partial charge in [0.2, 0.25) is 0 Å². The number of methoxy groups -OCH3 is 2. The van der Waals surface area contributed by atoms with Crippen molar-refractivity contribution < 1.29 is 9.47 Å². The first kappa shape index (κ1) is 12.3. The molecule has 0 fully saturated rings. The zero-order valence-corrected chi connectivity index (χ0v) is 12.3. The second kappa shape index (κ2) is 4.72. The van der Waals surface area contributed by atoms with Gasteiger partial charge >= 0.3 is 116 Å². The summed E-state index contributed by atoms with van der Waals surface area (Å²) < 4.78 is 12.6. The van der Waals surface area contributed by atoms with Gasteiger partial charge in [-0.25, -0.2) is 0 Å². The van der Waals surface area contributed by atoms with Crippen molar-refractivity contribution in [1.29, 1.82) is 0 Å². The molecule has 1 heterocycles. The first-order valence-corrected chi connectivity index (χ1v) is 7.53. The average molecular weight is 319 g/mol. The summed E-state index contributed by atoms with van der Waals surface area (Å²) in [5.41, 5.74) is 0.0691. The molecule has 0 aliphatic carbocycles. The summed E-state index contributed by atoms with van der Waals surface area (Å²) in [4.78, 5) is 12.5. The van der Waals surface area contributed by atoms with E-state index in [1.165, 1.54) is 0 Å². The summed E-state index contributed by atoms with van der Waals surface area (Å²) >= 11 is 0.124. The Morgan fingerprint density at radius 1 is 0.842 bits per heavy atom. The van der Waals surface area contributed by atoms with E-state index in [1.54, 1.807) is 14.2 Å². The third kappa shape index (κ3) is 2.03. The van der Waals surface area contributed by atoms with Gasteiger partial charge in [-0.1, -0.05) is 0 Å². The fourth-order valence-electron chi connectivity index (χ4n) is 2.07. The van der Waals surface area contributed by atoms with Crippen LogP contribution in [0.15, 0.2) is 41.2 Å². The maximum atomic E-state index is 12.5. The molecule has 0 saturated carbocycles. The molecule has 4 heteroatoms. The van der Waals surface area contributed by atoms with Crippen LogP contribution in [0.5, 0.6) is 11.5 Å². The minimum absolute atomic E-state index is 0.0691. The minimum atomic E-state index is 0.0691. The molecule has 0 amide bonds. The molecule has 0 spiro atoms. The number of hydrogen-bond donors (Lipinski definition) is 0. The molecule has 3 aromatic rings. The molecule has 2 aromatic carbocycles. The van der Waals surface area contributed by atoms with Crippen molar-refractivity contribution in [2.24, 2.45) is 0 Å². The third-order valence-electron chi connectivity index (χ3n) is 3.08. The first-order chi connectivity index (χ1) is 9.22. The van der Waals surface area contributed by atoms with Crippen molar-refractivity contribution in [1.82, 2.24) is 0 Å². The molecule has 1 aromatic heterocycles. The van der Waals surface area contributed by atoms with Crippen LogP contribution in [0.4, 0.5) is 0 Å². The van der Waals surface area contributed by atoms with Crippen LogP contribution in [0.25, 0.3) is 19.3 Å². The van der Waals surface area contributed by atoms with Gasteiger partial charge in [0.15, 0.2) is 0 Å². The van der Waals surface area contributed by atoms with Crippen LogP contribution < -0.4 is 14.9 Å². The second-order valence-corrected chi connectivity index (χ2v) is 6.43. The summed E-state index contributed by atoms with van der Waals surface area (Å²) in [6, 6.07) is 11.3. The second-order valence-electron chi connectivity index (χ2n) is 4.16. The standard InChI is InChI=1S/C15H12O3Se/c1-17-9-4-6-13-12(7-9)15(16)11-5-3-10(18-2)8-14(11)19-13/h3-8H,1-2H3. The van der Waals surface area contributed by atoms with Gasteiger partial charge in [-0.05, 0) is 0 Å². The molecule has 0 aliphatic heterocycles. The van der Waals surface area contributed by atoms with E-state index in [0.717, 1.165) is 30.8 Å². The predicted octanol–water partition coefficient (Wildman–Crippen LogP) is 2.43. The molecular weight excluding hydrogens is 307 g/mol.